The number of amides is 1. The molecule has 1 aromatic rings. The van der Waals surface area contributed by atoms with Crippen molar-refractivity contribution >= 4 is 17.7 Å². The van der Waals surface area contributed by atoms with Crippen LogP contribution in [0.2, 0.25) is 0 Å². The lowest BCUT2D eigenvalue weighted by Crippen LogP contribution is -2.53. The van der Waals surface area contributed by atoms with Crippen LogP contribution in [0.25, 0.3) is 0 Å². The quantitative estimate of drug-likeness (QED) is 0.793. The zero-order valence-corrected chi connectivity index (χ0v) is 13.0. The van der Waals surface area contributed by atoms with Crippen molar-refractivity contribution in [1.29, 1.82) is 0 Å². The van der Waals surface area contributed by atoms with E-state index in [1.54, 1.807) is 6.20 Å². The summed E-state index contributed by atoms with van der Waals surface area (Å²) in [5.74, 6) is 2.25. The smallest absolute Gasteiger partial charge is 0.253 e. The van der Waals surface area contributed by atoms with Gasteiger partial charge in [-0.1, -0.05) is 0 Å². The van der Waals surface area contributed by atoms with E-state index in [2.05, 4.69) is 10.00 Å². The van der Waals surface area contributed by atoms with Crippen molar-refractivity contribution < 1.29 is 9.53 Å². The highest BCUT2D eigenvalue weighted by molar-refractivity contribution is 7.99. The van der Waals surface area contributed by atoms with Crippen LogP contribution in [0, 0.1) is 0 Å². The van der Waals surface area contributed by atoms with Gasteiger partial charge in [0.25, 0.3) is 5.91 Å². The summed E-state index contributed by atoms with van der Waals surface area (Å²) < 4.78 is 7.62. The second-order valence-electron chi connectivity index (χ2n) is 5.37. The Morgan fingerprint density at radius 2 is 2.14 bits per heavy atom. The predicted octanol–water partition coefficient (Wildman–Crippen LogP) is 0.159. The van der Waals surface area contributed by atoms with E-state index >= 15 is 0 Å². The summed E-state index contributed by atoms with van der Waals surface area (Å²) in [4.78, 5) is 16.7. The number of thioether (sulfide) groups is 1. The lowest BCUT2D eigenvalue weighted by Gasteiger charge is -2.36. The van der Waals surface area contributed by atoms with E-state index in [0.29, 0.717) is 13.2 Å². The monoisotopic (exact) mass is 310 g/mol. The first-order valence-electron chi connectivity index (χ1n) is 7.51. The molecular formula is C14H22N4O2S. The third-order valence-corrected chi connectivity index (χ3v) is 4.90. The molecule has 116 valence electrons. The molecule has 1 unspecified atom stereocenters. The average Bonchev–Trinajstić information content (AvgIpc) is 3.07. The van der Waals surface area contributed by atoms with Gasteiger partial charge in [0.05, 0.1) is 13.2 Å². The standard InChI is InChI=1S/C14H22N4O2S/c19-14(17-7-10-21-11-8-17)13-12-16(6-9-20-13)4-5-18-3-1-2-15-18/h1-3,13H,4-12H2. The van der Waals surface area contributed by atoms with Crippen molar-refractivity contribution in [3.8, 4) is 0 Å². The van der Waals surface area contributed by atoms with Crippen LogP contribution in [0.3, 0.4) is 0 Å². The second kappa shape index (κ2) is 7.29. The van der Waals surface area contributed by atoms with Gasteiger partial charge in [-0.25, -0.2) is 0 Å². The summed E-state index contributed by atoms with van der Waals surface area (Å²) in [7, 11) is 0. The molecule has 3 heterocycles. The van der Waals surface area contributed by atoms with Crippen molar-refractivity contribution in [3.63, 3.8) is 0 Å². The molecule has 0 aliphatic carbocycles. The molecule has 1 atom stereocenters. The van der Waals surface area contributed by atoms with Crippen molar-refractivity contribution in [2.45, 2.75) is 12.6 Å². The van der Waals surface area contributed by atoms with E-state index in [1.807, 2.05) is 33.6 Å². The average molecular weight is 310 g/mol. The fourth-order valence-corrected chi connectivity index (χ4v) is 3.62. The number of rotatable bonds is 4. The van der Waals surface area contributed by atoms with Gasteiger partial charge in [-0.15, -0.1) is 0 Å². The first-order chi connectivity index (χ1) is 10.3. The molecular weight excluding hydrogens is 288 g/mol. The number of ether oxygens (including phenoxy) is 1. The first kappa shape index (κ1) is 14.9. The number of aromatic nitrogens is 2. The summed E-state index contributed by atoms with van der Waals surface area (Å²) in [6, 6.07) is 1.93. The molecule has 2 aliphatic heterocycles. The van der Waals surface area contributed by atoms with Gasteiger partial charge in [-0.3, -0.25) is 14.4 Å². The van der Waals surface area contributed by atoms with Crippen LogP contribution in [-0.2, 0) is 16.1 Å². The molecule has 6 nitrogen and oxygen atoms in total. The summed E-state index contributed by atoms with van der Waals surface area (Å²) in [5, 5.41) is 4.21. The maximum atomic E-state index is 12.5. The molecule has 2 fully saturated rings. The van der Waals surface area contributed by atoms with Crippen LogP contribution < -0.4 is 0 Å². The van der Waals surface area contributed by atoms with E-state index in [9.17, 15) is 4.79 Å². The highest BCUT2D eigenvalue weighted by Gasteiger charge is 2.30. The fraction of sp³-hybridized carbons (Fsp3) is 0.714. The maximum Gasteiger partial charge on any atom is 0.253 e. The second-order valence-corrected chi connectivity index (χ2v) is 6.59. The lowest BCUT2D eigenvalue weighted by molar-refractivity contribution is -0.149. The summed E-state index contributed by atoms with van der Waals surface area (Å²) in [5.41, 5.74) is 0. The van der Waals surface area contributed by atoms with Gasteiger partial charge in [-0.2, -0.15) is 16.9 Å². The molecule has 2 aliphatic rings. The Hall–Kier alpha value is -1.05. The zero-order valence-electron chi connectivity index (χ0n) is 12.2. The van der Waals surface area contributed by atoms with Gasteiger partial charge >= 0.3 is 0 Å². The number of carbonyl (C=O) groups is 1. The number of carbonyl (C=O) groups excluding carboxylic acids is 1. The Balaban J connectivity index is 1.49. The van der Waals surface area contributed by atoms with E-state index < -0.39 is 0 Å². The van der Waals surface area contributed by atoms with Crippen LogP contribution >= 0.6 is 11.8 Å². The molecule has 1 amide bonds. The molecule has 0 bridgehead atoms. The lowest BCUT2D eigenvalue weighted by atomic mass is 10.2. The van der Waals surface area contributed by atoms with Crippen molar-refractivity contribution in [2.24, 2.45) is 0 Å². The van der Waals surface area contributed by atoms with Crippen LogP contribution in [-0.4, -0.2) is 82.4 Å². The van der Waals surface area contributed by atoms with Crippen molar-refractivity contribution in [1.82, 2.24) is 19.6 Å². The minimum atomic E-state index is -0.292. The Morgan fingerprint density at radius 3 is 2.90 bits per heavy atom. The van der Waals surface area contributed by atoms with E-state index in [0.717, 1.165) is 44.2 Å². The van der Waals surface area contributed by atoms with Crippen LogP contribution in [0.5, 0.6) is 0 Å². The zero-order chi connectivity index (χ0) is 14.5. The minimum Gasteiger partial charge on any atom is -0.366 e. The molecule has 0 spiro atoms. The molecule has 7 heteroatoms. The Morgan fingerprint density at radius 1 is 1.29 bits per heavy atom. The molecule has 0 N–H and O–H groups in total. The number of hydrogen-bond donors (Lipinski definition) is 0. The Kier molecular flexibility index (Phi) is 5.16. The van der Waals surface area contributed by atoms with Crippen LogP contribution in [0.4, 0.5) is 0 Å². The van der Waals surface area contributed by atoms with Crippen LogP contribution in [0.15, 0.2) is 18.5 Å². The first-order valence-corrected chi connectivity index (χ1v) is 8.66. The molecule has 0 aromatic carbocycles. The largest absolute Gasteiger partial charge is 0.366 e. The molecule has 1 aromatic heterocycles. The van der Waals surface area contributed by atoms with Gasteiger partial charge in [0.2, 0.25) is 0 Å². The van der Waals surface area contributed by atoms with E-state index in [1.165, 1.54) is 0 Å². The predicted molar refractivity (Wildman–Crippen MR) is 82.3 cm³/mol. The molecule has 2 saturated heterocycles. The van der Waals surface area contributed by atoms with Crippen molar-refractivity contribution in [3.05, 3.63) is 18.5 Å². The summed E-state index contributed by atoms with van der Waals surface area (Å²) in [6.45, 7) is 5.70. The van der Waals surface area contributed by atoms with Crippen molar-refractivity contribution in [2.75, 3.05) is 50.8 Å². The topological polar surface area (TPSA) is 50.6 Å². The number of hydrogen-bond acceptors (Lipinski definition) is 5. The summed E-state index contributed by atoms with van der Waals surface area (Å²) >= 11 is 1.92. The Bertz CT molecular complexity index is 448. The SMILES string of the molecule is O=C(C1CN(CCn2cccn2)CCO1)N1CCSCC1. The van der Waals surface area contributed by atoms with Gasteiger partial charge in [0, 0.05) is 56.6 Å². The molecule has 0 radical (unpaired) electrons. The number of nitrogens with zero attached hydrogens (tertiary/aromatic N) is 4. The number of morpholine rings is 1. The molecule has 0 saturated carbocycles. The normalized spacial score (nSPS) is 24.2. The molecule has 3 rings (SSSR count). The highest BCUT2D eigenvalue weighted by Crippen LogP contribution is 2.14. The van der Waals surface area contributed by atoms with Gasteiger partial charge < -0.3 is 9.64 Å². The highest BCUT2D eigenvalue weighted by atomic mass is 32.2. The fourth-order valence-electron chi connectivity index (χ4n) is 2.72. The van der Waals surface area contributed by atoms with E-state index in [-0.39, 0.29) is 12.0 Å². The molecule has 21 heavy (non-hydrogen) atoms. The van der Waals surface area contributed by atoms with Gasteiger partial charge in [0.15, 0.2) is 0 Å². The van der Waals surface area contributed by atoms with Crippen LogP contribution in [0.1, 0.15) is 0 Å². The third kappa shape index (κ3) is 3.99. The van der Waals surface area contributed by atoms with E-state index in [4.69, 9.17) is 4.74 Å². The summed E-state index contributed by atoms with van der Waals surface area (Å²) in [6.07, 6.45) is 3.47. The minimum absolute atomic E-state index is 0.166. The van der Waals surface area contributed by atoms with Gasteiger partial charge in [-0.05, 0) is 6.07 Å². The maximum absolute atomic E-state index is 12.5. The third-order valence-electron chi connectivity index (χ3n) is 3.95. The Labute approximate surface area is 129 Å². The van der Waals surface area contributed by atoms with Gasteiger partial charge in [0.1, 0.15) is 6.10 Å².